The molecule has 2 aromatic rings. The minimum Gasteiger partial charge on any atom is -0.497 e. The molecule has 0 fully saturated rings. The van der Waals surface area contributed by atoms with E-state index in [0.717, 1.165) is 16.3 Å². The zero-order valence-electron chi connectivity index (χ0n) is 10.9. The van der Waals surface area contributed by atoms with Crippen LogP contribution in [0.3, 0.4) is 0 Å². The van der Waals surface area contributed by atoms with Gasteiger partial charge in [-0.3, -0.25) is 0 Å². The van der Waals surface area contributed by atoms with Gasteiger partial charge in [0.15, 0.2) is 0 Å². The lowest BCUT2D eigenvalue weighted by Crippen LogP contribution is -1.93. The number of ether oxygens (including phenoxy) is 1. The van der Waals surface area contributed by atoms with Crippen LogP contribution in [0, 0.1) is 0 Å². The average Bonchev–Trinajstić information content (AvgIpc) is 2.47. The Morgan fingerprint density at radius 3 is 2.42 bits per heavy atom. The summed E-state index contributed by atoms with van der Waals surface area (Å²) in [5.74, 6) is 0.857. The van der Waals surface area contributed by atoms with Crippen molar-refractivity contribution in [2.75, 3.05) is 12.8 Å². The van der Waals surface area contributed by atoms with Crippen LogP contribution in [-0.4, -0.2) is 7.11 Å². The Balaban J connectivity index is 2.20. The zero-order chi connectivity index (χ0) is 13.7. The Labute approximate surface area is 118 Å². The van der Waals surface area contributed by atoms with Gasteiger partial charge >= 0.3 is 0 Å². The molecular formula is C16H17NOS. The van der Waals surface area contributed by atoms with Crippen LogP contribution in [0.2, 0.25) is 0 Å². The number of rotatable bonds is 5. The van der Waals surface area contributed by atoms with E-state index in [-0.39, 0.29) is 5.25 Å². The summed E-state index contributed by atoms with van der Waals surface area (Å²) in [7, 11) is 1.67. The molecule has 0 radical (unpaired) electrons. The van der Waals surface area contributed by atoms with Gasteiger partial charge in [0.1, 0.15) is 5.75 Å². The summed E-state index contributed by atoms with van der Waals surface area (Å²) in [5, 5.41) is 0.176. The van der Waals surface area contributed by atoms with E-state index >= 15 is 0 Å². The Morgan fingerprint density at radius 1 is 1.16 bits per heavy atom. The van der Waals surface area contributed by atoms with E-state index in [4.69, 9.17) is 10.5 Å². The van der Waals surface area contributed by atoms with Gasteiger partial charge in [-0.1, -0.05) is 30.3 Å². The molecular weight excluding hydrogens is 254 g/mol. The second-order valence-electron chi connectivity index (χ2n) is 4.09. The minimum atomic E-state index is 0.176. The van der Waals surface area contributed by atoms with Crippen molar-refractivity contribution in [1.82, 2.24) is 0 Å². The second-order valence-corrected chi connectivity index (χ2v) is 5.27. The molecule has 0 saturated carbocycles. The number of anilines is 1. The van der Waals surface area contributed by atoms with Crippen molar-refractivity contribution in [2.45, 2.75) is 10.1 Å². The van der Waals surface area contributed by atoms with E-state index in [2.05, 4.69) is 18.7 Å². The van der Waals surface area contributed by atoms with E-state index < -0.39 is 0 Å². The van der Waals surface area contributed by atoms with Gasteiger partial charge in [0.2, 0.25) is 0 Å². The van der Waals surface area contributed by atoms with Crippen LogP contribution >= 0.6 is 11.8 Å². The van der Waals surface area contributed by atoms with Crippen molar-refractivity contribution < 1.29 is 4.74 Å². The van der Waals surface area contributed by atoms with Crippen LogP contribution < -0.4 is 10.5 Å². The Bertz CT molecular complexity index is 551. The summed E-state index contributed by atoms with van der Waals surface area (Å²) in [4.78, 5) is 1.07. The summed E-state index contributed by atoms with van der Waals surface area (Å²) >= 11 is 1.70. The van der Waals surface area contributed by atoms with Gasteiger partial charge in [-0.05, 0) is 29.8 Å². The predicted octanol–water partition coefficient (Wildman–Crippen LogP) is 4.30. The molecule has 98 valence electrons. The molecule has 1 atom stereocenters. The molecule has 0 aliphatic rings. The molecule has 19 heavy (non-hydrogen) atoms. The number of nitrogen functional groups attached to an aromatic ring is 1. The fraction of sp³-hybridized carbons (Fsp3) is 0.125. The first kappa shape index (κ1) is 13.6. The molecule has 3 heteroatoms. The largest absolute Gasteiger partial charge is 0.497 e. The van der Waals surface area contributed by atoms with Gasteiger partial charge in [-0.2, -0.15) is 0 Å². The van der Waals surface area contributed by atoms with Crippen LogP contribution in [-0.2, 0) is 0 Å². The fourth-order valence-corrected chi connectivity index (χ4v) is 2.79. The van der Waals surface area contributed by atoms with Crippen LogP contribution in [0.1, 0.15) is 10.8 Å². The lowest BCUT2D eigenvalue weighted by Gasteiger charge is -2.14. The van der Waals surface area contributed by atoms with Crippen LogP contribution in [0.4, 0.5) is 5.69 Å². The van der Waals surface area contributed by atoms with Crippen molar-refractivity contribution >= 4 is 17.4 Å². The summed E-state index contributed by atoms with van der Waals surface area (Å²) in [5.41, 5.74) is 7.96. The van der Waals surface area contributed by atoms with E-state index in [0.29, 0.717) is 0 Å². The standard InChI is InChI=1S/C16H17NOS/c1-3-15(12-8-10-13(18-2)11-9-12)19-16-7-5-4-6-14(16)17/h3-11,15H,1,17H2,2H3/t15-/m1/s1. The topological polar surface area (TPSA) is 35.2 Å². The van der Waals surface area contributed by atoms with Gasteiger partial charge in [0, 0.05) is 10.6 Å². The highest BCUT2D eigenvalue weighted by atomic mass is 32.2. The molecule has 2 nitrogen and oxygen atoms in total. The summed E-state index contributed by atoms with van der Waals surface area (Å²) < 4.78 is 5.17. The summed E-state index contributed by atoms with van der Waals surface area (Å²) in [6.45, 7) is 3.91. The van der Waals surface area contributed by atoms with Crippen LogP contribution in [0.15, 0.2) is 66.1 Å². The number of para-hydroxylation sites is 1. The first-order valence-corrected chi connectivity index (χ1v) is 6.90. The third kappa shape index (κ3) is 3.32. The molecule has 0 heterocycles. The fourth-order valence-electron chi connectivity index (χ4n) is 1.77. The molecule has 0 unspecified atom stereocenters. The van der Waals surface area contributed by atoms with Gasteiger partial charge in [-0.15, -0.1) is 18.3 Å². The molecule has 0 saturated heterocycles. The van der Waals surface area contributed by atoms with Gasteiger partial charge in [0.25, 0.3) is 0 Å². The number of hydrogen-bond donors (Lipinski definition) is 1. The third-order valence-corrected chi connectivity index (χ3v) is 4.18. The molecule has 0 aliphatic carbocycles. The van der Waals surface area contributed by atoms with Gasteiger partial charge in [-0.25, -0.2) is 0 Å². The first-order chi connectivity index (χ1) is 9.24. The molecule has 0 aliphatic heterocycles. The van der Waals surface area contributed by atoms with E-state index in [1.807, 2.05) is 42.5 Å². The van der Waals surface area contributed by atoms with Crippen molar-refractivity contribution in [1.29, 1.82) is 0 Å². The zero-order valence-corrected chi connectivity index (χ0v) is 11.7. The lowest BCUT2D eigenvalue weighted by atomic mass is 10.1. The Morgan fingerprint density at radius 2 is 1.84 bits per heavy atom. The number of hydrogen-bond acceptors (Lipinski definition) is 3. The summed E-state index contributed by atoms with van der Waals surface area (Å²) in [6.07, 6.45) is 1.93. The Hall–Kier alpha value is -1.87. The van der Waals surface area contributed by atoms with Crippen molar-refractivity contribution in [3.05, 3.63) is 66.7 Å². The quantitative estimate of drug-likeness (QED) is 0.500. The number of nitrogens with two attached hydrogens (primary N) is 1. The van der Waals surface area contributed by atoms with Gasteiger partial charge < -0.3 is 10.5 Å². The molecule has 0 amide bonds. The van der Waals surface area contributed by atoms with E-state index in [1.54, 1.807) is 18.9 Å². The molecule has 0 aromatic heterocycles. The number of methoxy groups -OCH3 is 1. The predicted molar refractivity (Wildman–Crippen MR) is 82.6 cm³/mol. The SMILES string of the molecule is C=C[C@@H](Sc1ccccc1N)c1ccc(OC)cc1. The normalized spacial score (nSPS) is 11.8. The van der Waals surface area contributed by atoms with Crippen LogP contribution in [0.5, 0.6) is 5.75 Å². The number of thioether (sulfide) groups is 1. The Kier molecular flexibility index (Phi) is 4.53. The van der Waals surface area contributed by atoms with Crippen molar-refractivity contribution in [2.24, 2.45) is 0 Å². The van der Waals surface area contributed by atoms with Crippen molar-refractivity contribution in [3.8, 4) is 5.75 Å². The maximum absolute atomic E-state index is 5.97. The van der Waals surface area contributed by atoms with Crippen LogP contribution in [0.25, 0.3) is 0 Å². The summed E-state index contributed by atoms with van der Waals surface area (Å²) in [6, 6.07) is 15.9. The average molecular weight is 271 g/mol. The third-order valence-electron chi connectivity index (χ3n) is 2.83. The molecule has 0 spiro atoms. The highest BCUT2D eigenvalue weighted by Gasteiger charge is 2.11. The highest BCUT2D eigenvalue weighted by Crippen LogP contribution is 2.38. The van der Waals surface area contributed by atoms with Crippen molar-refractivity contribution in [3.63, 3.8) is 0 Å². The molecule has 2 aromatic carbocycles. The smallest absolute Gasteiger partial charge is 0.118 e. The highest BCUT2D eigenvalue weighted by molar-refractivity contribution is 7.99. The maximum Gasteiger partial charge on any atom is 0.118 e. The monoisotopic (exact) mass is 271 g/mol. The van der Waals surface area contributed by atoms with E-state index in [9.17, 15) is 0 Å². The van der Waals surface area contributed by atoms with Gasteiger partial charge in [0.05, 0.1) is 12.4 Å². The lowest BCUT2D eigenvalue weighted by molar-refractivity contribution is 0.414. The van der Waals surface area contributed by atoms with E-state index in [1.165, 1.54) is 5.56 Å². The first-order valence-electron chi connectivity index (χ1n) is 6.02. The minimum absolute atomic E-state index is 0.176. The molecule has 2 rings (SSSR count). The molecule has 2 N–H and O–H groups in total. The second kappa shape index (κ2) is 6.34. The maximum atomic E-state index is 5.97. The molecule has 0 bridgehead atoms. The number of benzene rings is 2.